The van der Waals surface area contributed by atoms with Gasteiger partial charge in [-0.15, -0.1) is 0 Å². The molecule has 3 rings (SSSR count). The van der Waals surface area contributed by atoms with Gasteiger partial charge in [-0.1, -0.05) is 83.9 Å². The van der Waals surface area contributed by atoms with E-state index in [1.54, 1.807) is 18.2 Å². The van der Waals surface area contributed by atoms with E-state index >= 15 is 0 Å². The molecule has 0 unspecified atom stereocenters. The molecular formula is C20H15Cl2NO. The van der Waals surface area contributed by atoms with Crippen molar-refractivity contribution in [2.45, 2.75) is 6.42 Å². The van der Waals surface area contributed by atoms with Gasteiger partial charge >= 0.3 is 0 Å². The monoisotopic (exact) mass is 355 g/mol. The first-order valence-electron chi connectivity index (χ1n) is 7.52. The number of hydrogen-bond acceptors (Lipinski definition) is 1. The number of rotatable bonds is 4. The van der Waals surface area contributed by atoms with Crippen molar-refractivity contribution >= 4 is 34.8 Å². The molecule has 0 atom stereocenters. The van der Waals surface area contributed by atoms with Crippen molar-refractivity contribution < 1.29 is 4.79 Å². The molecule has 3 aromatic carbocycles. The molecule has 1 N–H and O–H groups in total. The average molecular weight is 356 g/mol. The molecular weight excluding hydrogens is 341 g/mol. The first-order valence-corrected chi connectivity index (χ1v) is 8.27. The standard InChI is InChI=1S/C20H15Cl2NO/c21-17-7-4-8-18(22)20(17)23-19(24)13-14-9-11-16(12-10-14)15-5-2-1-3-6-15/h1-12H,13H2,(H,23,24). The summed E-state index contributed by atoms with van der Waals surface area (Å²) < 4.78 is 0. The number of amides is 1. The van der Waals surface area contributed by atoms with Crippen LogP contribution in [0.2, 0.25) is 10.0 Å². The fourth-order valence-corrected chi connectivity index (χ4v) is 2.92. The van der Waals surface area contributed by atoms with Crippen LogP contribution in [0.15, 0.2) is 72.8 Å². The largest absolute Gasteiger partial charge is 0.323 e. The molecule has 24 heavy (non-hydrogen) atoms. The van der Waals surface area contributed by atoms with Gasteiger partial charge in [0.2, 0.25) is 5.91 Å². The van der Waals surface area contributed by atoms with Crippen molar-refractivity contribution in [3.8, 4) is 11.1 Å². The maximum atomic E-state index is 12.2. The molecule has 0 bridgehead atoms. The van der Waals surface area contributed by atoms with Gasteiger partial charge in [-0.25, -0.2) is 0 Å². The summed E-state index contributed by atoms with van der Waals surface area (Å²) in [5.41, 5.74) is 3.65. The second kappa shape index (κ2) is 7.52. The van der Waals surface area contributed by atoms with Crippen molar-refractivity contribution in [1.29, 1.82) is 0 Å². The number of carbonyl (C=O) groups excluding carboxylic acids is 1. The van der Waals surface area contributed by atoms with E-state index in [9.17, 15) is 4.79 Å². The Labute approximate surface area is 151 Å². The van der Waals surface area contributed by atoms with Crippen LogP contribution in [0.4, 0.5) is 5.69 Å². The van der Waals surface area contributed by atoms with Crippen LogP contribution < -0.4 is 5.32 Å². The van der Waals surface area contributed by atoms with Crippen LogP contribution in [0.5, 0.6) is 0 Å². The quantitative estimate of drug-likeness (QED) is 0.625. The maximum absolute atomic E-state index is 12.2. The summed E-state index contributed by atoms with van der Waals surface area (Å²) in [7, 11) is 0. The van der Waals surface area contributed by atoms with Gasteiger partial charge in [0, 0.05) is 0 Å². The summed E-state index contributed by atoms with van der Waals surface area (Å²) in [5.74, 6) is -0.155. The van der Waals surface area contributed by atoms with Crippen LogP contribution in [0.3, 0.4) is 0 Å². The van der Waals surface area contributed by atoms with Gasteiger partial charge in [-0.3, -0.25) is 4.79 Å². The molecule has 4 heteroatoms. The third-order valence-corrected chi connectivity index (χ3v) is 4.28. The number of halogens is 2. The highest BCUT2D eigenvalue weighted by Crippen LogP contribution is 2.30. The first kappa shape index (κ1) is 16.6. The summed E-state index contributed by atoms with van der Waals surface area (Å²) in [6.07, 6.45) is 0.261. The topological polar surface area (TPSA) is 29.1 Å². The zero-order valence-electron chi connectivity index (χ0n) is 12.8. The molecule has 0 saturated heterocycles. The maximum Gasteiger partial charge on any atom is 0.228 e. The molecule has 0 aromatic heterocycles. The number of anilines is 1. The van der Waals surface area contributed by atoms with Gasteiger partial charge in [-0.05, 0) is 28.8 Å². The van der Waals surface area contributed by atoms with Gasteiger partial charge in [0.1, 0.15) is 0 Å². The average Bonchev–Trinajstić information content (AvgIpc) is 2.60. The van der Waals surface area contributed by atoms with Crippen molar-refractivity contribution in [2.75, 3.05) is 5.32 Å². The third-order valence-electron chi connectivity index (χ3n) is 3.65. The summed E-state index contributed by atoms with van der Waals surface area (Å²) in [6.45, 7) is 0. The van der Waals surface area contributed by atoms with Gasteiger partial charge in [0.05, 0.1) is 22.2 Å². The molecule has 0 aliphatic carbocycles. The second-order valence-electron chi connectivity index (χ2n) is 5.38. The summed E-state index contributed by atoms with van der Waals surface area (Å²) in [5, 5.41) is 3.62. The molecule has 120 valence electrons. The second-order valence-corrected chi connectivity index (χ2v) is 6.20. The van der Waals surface area contributed by atoms with E-state index in [-0.39, 0.29) is 12.3 Å². The van der Waals surface area contributed by atoms with Crippen LogP contribution in [0, 0.1) is 0 Å². The van der Waals surface area contributed by atoms with E-state index in [0.717, 1.165) is 16.7 Å². The number of para-hydroxylation sites is 1. The normalized spacial score (nSPS) is 10.4. The summed E-state index contributed by atoms with van der Waals surface area (Å²) in [4.78, 5) is 12.2. The summed E-state index contributed by atoms with van der Waals surface area (Å²) in [6, 6.07) is 23.2. The predicted octanol–water partition coefficient (Wildman–Crippen LogP) is 5.84. The van der Waals surface area contributed by atoms with Crippen LogP contribution >= 0.6 is 23.2 Å². The van der Waals surface area contributed by atoms with Crippen molar-refractivity contribution in [1.82, 2.24) is 0 Å². The van der Waals surface area contributed by atoms with E-state index in [2.05, 4.69) is 17.4 Å². The van der Waals surface area contributed by atoms with Crippen LogP contribution in [-0.2, 0) is 11.2 Å². The van der Waals surface area contributed by atoms with Crippen molar-refractivity contribution in [3.63, 3.8) is 0 Å². The van der Waals surface area contributed by atoms with E-state index < -0.39 is 0 Å². The highest BCUT2D eigenvalue weighted by atomic mass is 35.5. The molecule has 0 aliphatic heterocycles. The van der Waals surface area contributed by atoms with E-state index in [0.29, 0.717) is 15.7 Å². The Morgan fingerprint density at radius 1 is 0.750 bits per heavy atom. The molecule has 0 fully saturated rings. The lowest BCUT2D eigenvalue weighted by Crippen LogP contribution is -2.15. The molecule has 0 heterocycles. The number of benzene rings is 3. The predicted molar refractivity (Wildman–Crippen MR) is 101 cm³/mol. The SMILES string of the molecule is O=C(Cc1ccc(-c2ccccc2)cc1)Nc1c(Cl)cccc1Cl. The summed E-state index contributed by atoms with van der Waals surface area (Å²) >= 11 is 12.1. The first-order chi connectivity index (χ1) is 11.6. The molecule has 0 saturated carbocycles. The van der Waals surface area contributed by atoms with Crippen molar-refractivity contribution in [3.05, 3.63) is 88.4 Å². The number of hydrogen-bond donors (Lipinski definition) is 1. The van der Waals surface area contributed by atoms with Crippen LogP contribution in [0.25, 0.3) is 11.1 Å². The smallest absolute Gasteiger partial charge is 0.228 e. The molecule has 3 aromatic rings. The zero-order chi connectivity index (χ0) is 16.9. The van der Waals surface area contributed by atoms with Crippen LogP contribution in [-0.4, -0.2) is 5.91 Å². The Morgan fingerprint density at radius 2 is 1.33 bits per heavy atom. The van der Waals surface area contributed by atoms with E-state index in [1.807, 2.05) is 42.5 Å². The lowest BCUT2D eigenvalue weighted by molar-refractivity contribution is -0.115. The number of carbonyl (C=O) groups is 1. The fraction of sp³-hybridized carbons (Fsp3) is 0.0500. The molecule has 2 nitrogen and oxygen atoms in total. The van der Waals surface area contributed by atoms with E-state index in [1.165, 1.54) is 0 Å². The number of nitrogens with one attached hydrogen (secondary N) is 1. The Bertz CT molecular complexity index is 825. The van der Waals surface area contributed by atoms with Crippen molar-refractivity contribution in [2.24, 2.45) is 0 Å². The highest BCUT2D eigenvalue weighted by molar-refractivity contribution is 6.39. The molecule has 0 radical (unpaired) electrons. The Morgan fingerprint density at radius 3 is 1.96 bits per heavy atom. The van der Waals surface area contributed by atoms with Crippen LogP contribution in [0.1, 0.15) is 5.56 Å². The van der Waals surface area contributed by atoms with Gasteiger partial charge < -0.3 is 5.32 Å². The highest BCUT2D eigenvalue weighted by Gasteiger charge is 2.10. The fourth-order valence-electron chi connectivity index (χ4n) is 2.43. The molecule has 0 aliphatic rings. The minimum Gasteiger partial charge on any atom is -0.323 e. The minimum atomic E-state index is -0.155. The third kappa shape index (κ3) is 3.97. The Hall–Kier alpha value is -2.29. The van der Waals surface area contributed by atoms with Gasteiger partial charge in [0.15, 0.2) is 0 Å². The van der Waals surface area contributed by atoms with Gasteiger partial charge in [0.25, 0.3) is 0 Å². The minimum absolute atomic E-state index is 0.155. The molecule has 1 amide bonds. The zero-order valence-corrected chi connectivity index (χ0v) is 14.3. The lowest BCUT2D eigenvalue weighted by Gasteiger charge is -2.09. The lowest BCUT2D eigenvalue weighted by atomic mass is 10.0. The van der Waals surface area contributed by atoms with Gasteiger partial charge in [-0.2, -0.15) is 0 Å². The Kier molecular flexibility index (Phi) is 5.19. The molecule has 0 spiro atoms. The van der Waals surface area contributed by atoms with E-state index in [4.69, 9.17) is 23.2 Å². The Balaban J connectivity index is 1.69.